The highest BCUT2D eigenvalue weighted by molar-refractivity contribution is 8.13. The van der Waals surface area contributed by atoms with Gasteiger partial charge in [-0.15, -0.1) is 0 Å². The second-order valence-electron chi connectivity index (χ2n) is 3.50. The van der Waals surface area contributed by atoms with Gasteiger partial charge in [-0.2, -0.15) is 0 Å². The number of carbonyl (C=O) groups excluding carboxylic acids is 1. The first-order chi connectivity index (χ1) is 8.50. The molecule has 94 valence electrons. The molecule has 0 aliphatic rings. The van der Waals surface area contributed by atoms with Crippen LogP contribution in [0.3, 0.4) is 0 Å². The lowest BCUT2D eigenvalue weighted by atomic mass is 10.1. The second-order valence-corrected chi connectivity index (χ2v) is 4.77. The van der Waals surface area contributed by atoms with Crippen molar-refractivity contribution in [3.63, 3.8) is 0 Å². The number of rotatable bonds is 3. The number of carbonyl (C=O) groups is 2. The summed E-state index contributed by atoms with van der Waals surface area (Å²) in [5, 5.41) is 9.04. The molecule has 0 fully saturated rings. The van der Waals surface area contributed by atoms with Crippen molar-refractivity contribution in [2.24, 2.45) is 0 Å². The van der Waals surface area contributed by atoms with Crippen molar-refractivity contribution in [3.8, 4) is 11.8 Å². The van der Waals surface area contributed by atoms with E-state index in [4.69, 9.17) is 10.8 Å². The molecule has 0 aliphatic heterocycles. The van der Waals surface area contributed by atoms with Crippen LogP contribution < -0.4 is 5.73 Å². The van der Waals surface area contributed by atoms with Gasteiger partial charge in [0.25, 0.3) is 0 Å². The molecule has 1 rings (SSSR count). The average Bonchev–Trinajstić information content (AvgIpc) is 2.29. The Hall–Kier alpha value is -1.93. The van der Waals surface area contributed by atoms with Gasteiger partial charge in [0.05, 0.1) is 5.56 Å². The van der Waals surface area contributed by atoms with E-state index in [9.17, 15) is 9.59 Å². The van der Waals surface area contributed by atoms with E-state index >= 15 is 0 Å². The molecule has 18 heavy (non-hydrogen) atoms. The van der Waals surface area contributed by atoms with Gasteiger partial charge in [-0.05, 0) is 18.2 Å². The van der Waals surface area contributed by atoms with Crippen LogP contribution in [0.2, 0.25) is 0 Å². The zero-order valence-corrected chi connectivity index (χ0v) is 10.7. The summed E-state index contributed by atoms with van der Waals surface area (Å²) in [4.78, 5) is 21.7. The van der Waals surface area contributed by atoms with Crippen molar-refractivity contribution >= 4 is 28.5 Å². The summed E-state index contributed by atoms with van der Waals surface area (Å²) in [5.41, 5.74) is 6.45. The highest BCUT2D eigenvalue weighted by Gasteiger charge is 2.08. The van der Waals surface area contributed by atoms with Crippen LogP contribution in [-0.2, 0) is 4.79 Å². The zero-order valence-electron chi connectivity index (χ0n) is 9.90. The molecular formula is C13H13NO3S. The molecule has 0 amide bonds. The number of anilines is 1. The number of hydrogen-bond donors (Lipinski definition) is 2. The highest BCUT2D eigenvalue weighted by atomic mass is 32.2. The second kappa shape index (κ2) is 6.72. The molecule has 0 atom stereocenters. The summed E-state index contributed by atoms with van der Waals surface area (Å²) in [5.74, 6) is 5.19. The van der Waals surface area contributed by atoms with Crippen molar-refractivity contribution < 1.29 is 14.7 Å². The van der Waals surface area contributed by atoms with Crippen molar-refractivity contribution in [1.29, 1.82) is 0 Å². The zero-order chi connectivity index (χ0) is 13.5. The Morgan fingerprint density at radius 2 is 2.17 bits per heavy atom. The number of benzene rings is 1. The van der Waals surface area contributed by atoms with Crippen LogP contribution >= 0.6 is 11.8 Å². The maximum atomic E-state index is 11.0. The third kappa shape index (κ3) is 4.52. The van der Waals surface area contributed by atoms with Gasteiger partial charge in [0.2, 0.25) is 0 Å². The van der Waals surface area contributed by atoms with E-state index in [1.54, 1.807) is 12.1 Å². The SMILES string of the molecule is CC(=O)SCCC#Cc1ccc(N)cc1C(=O)O. The fourth-order valence-corrected chi connectivity index (χ4v) is 1.74. The van der Waals surface area contributed by atoms with Crippen LogP contribution in [-0.4, -0.2) is 21.9 Å². The van der Waals surface area contributed by atoms with Crippen molar-refractivity contribution in [1.82, 2.24) is 0 Å². The minimum Gasteiger partial charge on any atom is -0.478 e. The average molecular weight is 263 g/mol. The van der Waals surface area contributed by atoms with Crippen LogP contribution in [0.5, 0.6) is 0 Å². The maximum absolute atomic E-state index is 11.0. The van der Waals surface area contributed by atoms with E-state index in [2.05, 4.69) is 11.8 Å². The van der Waals surface area contributed by atoms with Crippen LogP contribution in [0.25, 0.3) is 0 Å². The Morgan fingerprint density at radius 3 is 2.78 bits per heavy atom. The summed E-state index contributed by atoms with van der Waals surface area (Å²) < 4.78 is 0. The number of nitrogens with two attached hydrogens (primary N) is 1. The number of nitrogen functional groups attached to an aromatic ring is 1. The third-order valence-electron chi connectivity index (χ3n) is 2.03. The Labute approximate surface area is 110 Å². The topological polar surface area (TPSA) is 80.4 Å². The molecule has 0 aliphatic carbocycles. The van der Waals surface area contributed by atoms with Gasteiger partial charge >= 0.3 is 5.97 Å². The van der Waals surface area contributed by atoms with Gasteiger partial charge in [-0.3, -0.25) is 4.79 Å². The summed E-state index contributed by atoms with van der Waals surface area (Å²) in [6.07, 6.45) is 0.535. The molecule has 5 heteroatoms. The van der Waals surface area contributed by atoms with E-state index in [1.165, 1.54) is 24.8 Å². The van der Waals surface area contributed by atoms with Gasteiger partial charge in [0.15, 0.2) is 5.12 Å². The fourth-order valence-electron chi connectivity index (χ4n) is 1.25. The predicted octanol–water partition coefficient (Wildman–Crippen LogP) is 1.99. The Kier molecular flexibility index (Phi) is 5.28. The Morgan fingerprint density at radius 1 is 1.44 bits per heavy atom. The first-order valence-corrected chi connectivity index (χ1v) is 6.24. The molecule has 0 spiro atoms. The molecule has 0 aromatic heterocycles. The van der Waals surface area contributed by atoms with Gasteiger partial charge in [0, 0.05) is 30.3 Å². The summed E-state index contributed by atoms with van der Waals surface area (Å²) in [6.45, 7) is 1.50. The first-order valence-electron chi connectivity index (χ1n) is 5.25. The normalized spacial score (nSPS) is 9.39. The molecular weight excluding hydrogens is 250 g/mol. The van der Waals surface area contributed by atoms with Crippen LogP contribution in [0.4, 0.5) is 5.69 Å². The molecule has 0 saturated carbocycles. The van der Waals surface area contributed by atoms with Gasteiger partial charge in [0.1, 0.15) is 0 Å². The van der Waals surface area contributed by atoms with Crippen LogP contribution in [0.1, 0.15) is 29.3 Å². The fraction of sp³-hybridized carbons (Fsp3) is 0.231. The third-order valence-corrected chi connectivity index (χ3v) is 2.84. The lowest BCUT2D eigenvalue weighted by molar-refractivity contribution is -0.109. The lowest BCUT2D eigenvalue weighted by Crippen LogP contribution is -2.01. The van der Waals surface area contributed by atoms with Crippen molar-refractivity contribution in [2.75, 3.05) is 11.5 Å². The lowest BCUT2D eigenvalue weighted by Gasteiger charge is -2.00. The number of thioether (sulfide) groups is 1. The Balaban J connectivity index is 2.75. The van der Waals surface area contributed by atoms with E-state index in [-0.39, 0.29) is 10.7 Å². The van der Waals surface area contributed by atoms with E-state index in [1.807, 2.05) is 0 Å². The first kappa shape index (κ1) is 14.1. The number of carboxylic acids is 1. The number of hydrogen-bond acceptors (Lipinski definition) is 4. The summed E-state index contributed by atoms with van der Waals surface area (Å²) >= 11 is 1.20. The Bertz CT molecular complexity index is 529. The monoisotopic (exact) mass is 263 g/mol. The smallest absolute Gasteiger partial charge is 0.337 e. The van der Waals surface area contributed by atoms with E-state index < -0.39 is 5.97 Å². The van der Waals surface area contributed by atoms with Gasteiger partial charge in [-0.1, -0.05) is 23.6 Å². The largest absolute Gasteiger partial charge is 0.478 e. The quantitative estimate of drug-likeness (QED) is 0.495. The molecule has 0 bridgehead atoms. The summed E-state index contributed by atoms with van der Waals surface area (Å²) in [6, 6.07) is 4.58. The van der Waals surface area contributed by atoms with Crippen molar-refractivity contribution in [3.05, 3.63) is 29.3 Å². The van der Waals surface area contributed by atoms with Gasteiger partial charge < -0.3 is 10.8 Å². The molecule has 0 unspecified atom stereocenters. The minimum absolute atomic E-state index is 0.0514. The molecule has 0 radical (unpaired) electrons. The molecule has 0 heterocycles. The number of aromatic carboxylic acids is 1. The predicted molar refractivity (Wildman–Crippen MR) is 72.4 cm³/mol. The molecule has 4 nitrogen and oxygen atoms in total. The van der Waals surface area contributed by atoms with Crippen LogP contribution in [0.15, 0.2) is 18.2 Å². The van der Waals surface area contributed by atoms with Crippen LogP contribution in [0, 0.1) is 11.8 Å². The molecule has 1 aromatic carbocycles. The molecule has 1 aromatic rings. The summed E-state index contributed by atoms with van der Waals surface area (Å²) in [7, 11) is 0. The highest BCUT2D eigenvalue weighted by Crippen LogP contribution is 2.13. The minimum atomic E-state index is -1.05. The van der Waals surface area contributed by atoms with Gasteiger partial charge in [-0.25, -0.2) is 4.79 Å². The van der Waals surface area contributed by atoms with Crippen molar-refractivity contribution in [2.45, 2.75) is 13.3 Å². The van der Waals surface area contributed by atoms with E-state index in [0.717, 1.165) is 0 Å². The van der Waals surface area contributed by atoms with E-state index in [0.29, 0.717) is 23.4 Å². The standard InChI is InChI=1S/C13H13NO3S/c1-9(15)18-7-3-2-4-10-5-6-11(14)8-12(10)13(16)17/h5-6,8H,3,7,14H2,1H3,(H,16,17). The molecule has 0 saturated heterocycles. The molecule has 3 N–H and O–H groups in total. The maximum Gasteiger partial charge on any atom is 0.337 e. The number of carboxylic acid groups (broad SMARTS) is 1.